The summed E-state index contributed by atoms with van der Waals surface area (Å²) in [7, 11) is 0. The molecule has 4 nitrogen and oxygen atoms in total. The minimum absolute atomic E-state index is 0.312. The van der Waals surface area contributed by atoms with Crippen molar-refractivity contribution in [3.63, 3.8) is 0 Å². The Labute approximate surface area is 88.9 Å². The van der Waals surface area contributed by atoms with Crippen LogP contribution in [0.5, 0.6) is 11.5 Å². The van der Waals surface area contributed by atoms with Gasteiger partial charge in [-0.1, -0.05) is 0 Å². The highest BCUT2D eigenvalue weighted by Crippen LogP contribution is 2.38. The Morgan fingerprint density at radius 3 is 2.87 bits per heavy atom. The molecule has 0 aliphatic carbocycles. The van der Waals surface area contributed by atoms with Gasteiger partial charge < -0.3 is 14.3 Å². The molecule has 1 aromatic rings. The molecule has 1 aliphatic rings. The fraction of sp³-hybridized carbons (Fsp3) is 0.455. The normalized spacial score (nSPS) is 13.3. The van der Waals surface area contributed by atoms with E-state index in [9.17, 15) is 0 Å². The van der Waals surface area contributed by atoms with Crippen LogP contribution in [0.1, 0.15) is 16.7 Å². The van der Waals surface area contributed by atoms with Crippen molar-refractivity contribution in [2.24, 2.45) is 5.90 Å². The van der Waals surface area contributed by atoms with E-state index in [0.29, 0.717) is 13.4 Å². The van der Waals surface area contributed by atoms with Gasteiger partial charge in [0.15, 0.2) is 11.5 Å². The van der Waals surface area contributed by atoms with Crippen LogP contribution in [0.4, 0.5) is 0 Å². The molecular weight excluding hydrogens is 194 g/mol. The molecule has 0 atom stereocenters. The summed E-state index contributed by atoms with van der Waals surface area (Å²) in [5.74, 6) is 6.71. The van der Waals surface area contributed by atoms with E-state index in [1.165, 1.54) is 11.1 Å². The van der Waals surface area contributed by atoms with Crippen LogP contribution in [0.15, 0.2) is 6.07 Å². The van der Waals surface area contributed by atoms with Crippen LogP contribution in [0, 0.1) is 13.8 Å². The largest absolute Gasteiger partial charge is 0.454 e. The molecule has 0 saturated carbocycles. The average molecular weight is 209 g/mol. The van der Waals surface area contributed by atoms with Crippen LogP contribution in [0.2, 0.25) is 0 Å². The van der Waals surface area contributed by atoms with Gasteiger partial charge in [-0.05, 0) is 43.0 Å². The minimum Gasteiger partial charge on any atom is -0.454 e. The summed E-state index contributed by atoms with van der Waals surface area (Å²) in [5, 5.41) is 0. The van der Waals surface area contributed by atoms with Crippen LogP contribution >= 0.6 is 0 Å². The first-order valence-electron chi connectivity index (χ1n) is 4.94. The first kappa shape index (κ1) is 10.3. The first-order valence-corrected chi connectivity index (χ1v) is 4.94. The average Bonchev–Trinajstić information content (AvgIpc) is 2.69. The number of benzene rings is 1. The zero-order chi connectivity index (χ0) is 10.8. The lowest BCUT2D eigenvalue weighted by Crippen LogP contribution is -2.05. The fourth-order valence-electron chi connectivity index (χ4n) is 1.79. The van der Waals surface area contributed by atoms with Crippen molar-refractivity contribution >= 4 is 0 Å². The van der Waals surface area contributed by atoms with E-state index in [0.717, 1.165) is 23.5 Å². The predicted molar refractivity (Wildman–Crippen MR) is 55.9 cm³/mol. The molecule has 1 aromatic carbocycles. The maximum atomic E-state index is 5.39. The van der Waals surface area contributed by atoms with E-state index in [4.69, 9.17) is 15.4 Å². The standard InChI is InChI=1S/C11H15NO3/c1-7-8(2)11-10(13-6-14-11)5-9(7)3-4-15-12/h5H,3-4,6,12H2,1-2H3. The van der Waals surface area contributed by atoms with Crippen molar-refractivity contribution in [1.82, 2.24) is 0 Å². The molecule has 1 aliphatic heterocycles. The van der Waals surface area contributed by atoms with E-state index >= 15 is 0 Å². The van der Waals surface area contributed by atoms with Gasteiger partial charge in [-0.2, -0.15) is 0 Å². The third-order valence-electron chi connectivity index (χ3n) is 2.82. The second-order valence-electron chi connectivity index (χ2n) is 3.64. The van der Waals surface area contributed by atoms with E-state index < -0.39 is 0 Å². The van der Waals surface area contributed by atoms with Gasteiger partial charge in [-0.3, -0.25) is 0 Å². The van der Waals surface area contributed by atoms with Crippen LogP contribution in [-0.4, -0.2) is 13.4 Å². The molecule has 0 aromatic heterocycles. The lowest BCUT2D eigenvalue weighted by atomic mass is 9.99. The molecule has 0 saturated heterocycles. The molecule has 0 bridgehead atoms. The van der Waals surface area contributed by atoms with Gasteiger partial charge in [0.05, 0.1) is 6.61 Å². The molecule has 0 fully saturated rings. The molecule has 1 heterocycles. The van der Waals surface area contributed by atoms with E-state index in [2.05, 4.69) is 11.8 Å². The van der Waals surface area contributed by atoms with Crippen molar-refractivity contribution < 1.29 is 14.3 Å². The van der Waals surface area contributed by atoms with Crippen molar-refractivity contribution in [2.45, 2.75) is 20.3 Å². The zero-order valence-electron chi connectivity index (χ0n) is 9.00. The molecule has 2 rings (SSSR count). The summed E-state index contributed by atoms with van der Waals surface area (Å²) in [6, 6.07) is 2.00. The summed E-state index contributed by atoms with van der Waals surface area (Å²) < 4.78 is 10.8. The maximum absolute atomic E-state index is 5.39. The second-order valence-corrected chi connectivity index (χ2v) is 3.64. The van der Waals surface area contributed by atoms with Gasteiger partial charge in [0.25, 0.3) is 0 Å². The van der Waals surface area contributed by atoms with Gasteiger partial charge in [-0.25, -0.2) is 5.90 Å². The van der Waals surface area contributed by atoms with Crippen LogP contribution in [-0.2, 0) is 11.3 Å². The molecule has 0 unspecified atom stereocenters. The van der Waals surface area contributed by atoms with Crippen LogP contribution in [0.25, 0.3) is 0 Å². The highest BCUT2D eigenvalue weighted by atomic mass is 16.7. The van der Waals surface area contributed by atoms with Crippen molar-refractivity contribution in [3.05, 3.63) is 22.8 Å². The Kier molecular flexibility index (Phi) is 2.79. The van der Waals surface area contributed by atoms with Gasteiger partial charge in [0.1, 0.15) is 0 Å². The number of nitrogens with two attached hydrogens (primary N) is 1. The summed E-state index contributed by atoms with van der Waals surface area (Å²) in [5.41, 5.74) is 3.55. The minimum atomic E-state index is 0.312. The zero-order valence-corrected chi connectivity index (χ0v) is 9.00. The van der Waals surface area contributed by atoms with Gasteiger partial charge in [0.2, 0.25) is 6.79 Å². The highest BCUT2D eigenvalue weighted by molar-refractivity contribution is 5.54. The van der Waals surface area contributed by atoms with E-state index in [-0.39, 0.29) is 0 Å². The molecule has 0 spiro atoms. The number of hydrogen-bond donors (Lipinski definition) is 1. The van der Waals surface area contributed by atoms with Crippen molar-refractivity contribution in [3.8, 4) is 11.5 Å². The van der Waals surface area contributed by atoms with Gasteiger partial charge in [0, 0.05) is 0 Å². The Balaban J connectivity index is 2.36. The topological polar surface area (TPSA) is 53.7 Å². The van der Waals surface area contributed by atoms with E-state index in [1.807, 2.05) is 13.0 Å². The number of ether oxygens (including phenoxy) is 2. The summed E-state index contributed by atoms with van der Waals surface area (Å²) in [4.78, 5) is 4.59. The Bertz CT molecular complexity index is 377. The Morgan fingerprint density at radius 2 is 2.13 bits per heavy atom. The quantitative estimate of drug-likeness (QED) is 0.766. The lowest BCUT2D eigenvalue weighted by molar-refractivity contribution is 0.141. The molecule has 15 heavy (non-hydrogen) atoms. The fourth-order valence-corrected chi connectivity index (χ4v) is 1.79. The number of fused-ring (bicyclic) bond motifs is 1. The lowest BCUT2D eigenvalue weighted by Gasteiger charge is -2.10. The molecule has 2 N–H and O–H groups in total. The molecule has 0 radical (unpaired) electrons. The van der Waals surface area contributed by atoms with Crippen molar-refractivity contribution in [2.75, 3.05) is 13.4 Å². The van der Waals surface area contributed by atoms with Crippen molar-refractivity contribution in [1.29, 1.82) is 0 Å². The van der Waals surface area contributed by atoms with E-state index in [1.54, 1.807) is 0 Å². The number of hydrogen-bond acceptors (Lipinski definition) is 4. The summed E-state index contributed by atoms with van der Waals surface area (Å²) in [6.45, 7) is 4.94. The molecule has 82 valence electrons. The first-order chi connectivity index (χ1) is 7.24. The Morgan fingerprint density at radius 1 is 1.33 bits per heavy atom. The number of rotatable bonds is 3. The monoisotopic (exact) mass is 209 g/mol. The third kappa shape index (κ3) is 1.78. The summed E-state index contributed by atoms with van der Waals surface area (Å²) >= 11 is 0. The SMILES string of the molecule is Cc1c(CCON)cc2c(c1C)OCO2. The van der Waals surface area contributed by atoms with Crippen LogP contribution in [0.3, 0.4) is 0 Å². The van der Waals surface area contributed by atoms with Gasteiger partial charge >= 0.3 is 0 Å². The van der Waals surface area contributed by atoms with Gasteiger partial charge in [-0.15, -0.1) is 0 Å². The highest BCUT2D eigenvalue weighted by Gasteiger charge is 2.19. The smallest absolute Gasteiger partial charge is 0.231 e. The third-order valence-corrected chi connectivity index (χ3v) is 2.82. The summed E-state index contributed by atoms with van der Waals surface area (Å²) in [6.07, 6.45) is 0.791. The van der Waals surface area contributed by atoms with Crippen LogP contribution < -0.4 is 15.4 Å². The molecule has 4 heteroatoms. The predicted octanol–water partition coefficient (Wildman–Crippen LogP) is 1.46. The molecular formula is C11H15NO3. The molecule has 0 amide bonds. The maximum Gasteiger partial charge on any atom is 0.231 e. The Hall–Kier alpha value is -1.26. The second kappa shape index (κ2) is 4.08.